The fourth-order valence-corrected chi connectivity index (χ4v) is 4.46. The number of thioether (sulfide) groups is 1. The van der Waals surface area contributed by atoms with Crippen LogP contribution in [0.5, 0.6) is 0 Å². The third kappa shape index (κ3) is 4.08. The Morgan fingerprint density at radius 1 is 1.58 bits per heavy atom. The van der Waals surface area contributed by atoms with Crippen LogP contribution >= 0.6 is 11.8 Å². The molecular formula is C14H27NO3S. The molecule has 19 heavy (non-hydrogen) atoms. The summed E-state index contributed by atoms with van der Waals surface area (Å²) in [5.74, 6) is 2.62. The molecule has 3 atom stereocenters. The second-order valence-corrected chi connectivity index (χ2v) is 7.16. The molecule has 1 spiro atoms. The van der Waals surface area contributed by atoms with Gasteiger partial charge in [0.05, 0.1) is 17.8 Å². The summed E-state index contributed by atoms with van der Waals surface area (Å²) < 4.78 is 11.0. The van der Waals surface area contributed by atoms with Crippen LogP contribution in [-0.4, -0.2) is 61.2 Å². The monoisotopic (exact) mass is 289 g/mol. The molecule has 0 aromatic carbocycles. The molecule has 0 radical (unpaired) electrons. The van der Waals surface area contributed by atoms with Crippen molar-refractivity contribution in [2.24, 2.45) is 5.92 Å². The summed E-state index contributed by atoms with van der Waals surface area (Å²) in [6.45, 7) is 4.85. The predicted octanol–water partition coefficient (Wildman–Crippen LogP) is 1.28. The van der Waals surface area contributed by atoms with Crippen molar-refractivity contribution >= 4 is 11.8 Å². The molecule has 0 amide bonds. The average Bonchev–Trinajstić information content (AvgIpc) is 2.83. The Balaban J connectivity index is 1.84. The van der Waals surface area contributed by atoms with Gasteiger partial charge in [-0.1, -0.05) is 0 Å². The van der Waals surface area contributed by atoms with E-state index in [1.54, 1.807) is 7.11 Å². The van der Waals surface area contributed by atoms with Gasteiger partial charge in [-0.05, 0) is 37.9 Å². The highest BCUT2D eigenvalue weighted by atomic mass is 32.2. The van der Waals surface area contributed by atoms with Crippen LogP contribution in [0.1, 0.15) is 26.2 Å². The zero-order valence-electron chi connectivity index (χ0n) is 12.1. The Kier molecular flexibility index (Phi) is 5.55. The van der Waals surface area contributed by atoms with E-state index in [1.165, 1.54) is 5.75 Å². The van der Waals surface area contributed by atoms with Gasteiger partial charge in [0.2, 0.25) is 0 Å². The van der Waals surface area contributed by atoms with Gasteiger partial charge in [-0.3, -0.25) is 0 Å². The van der Waals surface area contributed by atoms with E-state index in [9.17, 15) is 5.11 Å². The fraction of sp³-hybridized carbons (Fsp3) is 1.00. The largest absolute Gasteiger partial charge is 0.389 e. The molecule has 2 fully saturated rings. The maximum Gasteiger partial charge on any atom is 0.0784 e. The summed E-state index contributed by atoms with van der Waals surface area (Å²) in [5.41, 5.74) is -0.609. The summed E-state index contributed by atoms with van der Waals surface area (Å²) >= 11 is 1.98. The van der Waals surface area contributed by atoms with Crippen LogP contribution in [0.25, 0.3) is 0 Å². The molecular weight excluding hydrogens is 262 g/mol. The van der Waals surface area contributed by atoms with Crippen molar-refractivity contribution in [2.75, 3.05) is 44.9 Å². The van der Waals surface area contributed by atoms with Crippen LogP contribution < -0.4 is 5.32 Å². The van der Waals surface area contributed by atoms with Crippen molar-refractivity contribution in [3.63, 3.8) is 0 Å². The van der Waals surface area contributed by atoms with Crippen LogP contribution in [0.4, 0.5) is 0 Å². The molecule has 0 aliphatic carbocycles. The van der Waals surface area contributed by atoms with Crippen LogP contribution in [0.2, 0.25) is 0 Å². The molecule has 0 aromatic rings. The lowest BCUT2D eigenvalue weighted by Crippen LogP contribution is -2.51. The molecule has 2 aliphatic rings. The first kappa shape index (κ1) is 15.6. The van der Waals surface area contributed by atoms with Gasteiger partial charge < -0.3 is 19.9 Å². The highest BCUT2D eigenvalue weighted by molar-refractivity contribution is 7.99. The van der Waals surface area contributed by atoms with E-state index in [4.69, 9.17) is 9.47 Å². The number of rotatable bonds is 6. The van der Waals surface area contributed by atoms with Crippen LogP contribution in [0, 0.1) is 5.92 Å². The molecule has 0 saturated carbocycles. The Bertz CT molecular complexity index is 280. The number of methoxy groups -OCH3 is 1. The normalized spacial score (nSPS) is 34.6. The maximum absolute atomic E-state index is 10.7. The van der Waals surface area contributed by atoms with Gasteiger partial charge in [0.1, 0.15) is 0 Å². The minimum atomic E-state index is -0.655. The van der Waals surface area contributed by atoms with Gasteiger partial charge in [-0.15, -0.1) is 0 Å². The number of hydrogen-bond donors (Lipinski definition) is 2. The van der Waals surface area contributed by atoms with Crippen molar-refractivity contribution in [3.8, 4) is 0 Å². The van der Waals surface area contributed by atoms with Gasteiger partial charge in [0.25, 0.3) is 0 Å². The van der Waals surface area contributed by atoms with Crippen molar-refractivity contribution in [2.45, 2.75) is 37.4 Å². The van der Waals surface area contributed by atoms with E-state index in [0.29, 0.717) is 19.1 Å². The lowest BCUT2D eigenvalue weighted by molar-refractivity contribution is -0.125. The van der Waals surface area contributed by atoms with E-state index < -0.39 is 5.60 Å². The third-order valence-corrected chi connectivity index (χ3v) is 5.63. The van der Waals surface area contributed by atoms with Crippen LogP contribution in [-0.2, 0) is 9.47 Å². The topological polar surface area (TPSA) is 50.7 Å². The molecule has 4 nitrogen and oxygen atoms in total. The highest BCUT2D eigenvalue weighted by Gasteiger charge is 2.45. The Labute approximate surface area is 120 Å². The molecule has 5 heteroatoms. The summed E-state index contributed by atoms with van der Waals surface area (Å²) in [4.78, 5) is 0. The first-order valence-electron chi connectivity index (χ1n) is 7.22. The van der Waals surface area contributed by atoms with E-state index in [2.05, 4.69) is 5.32 Å². The molecule has 0 bridgehead atoms. The van der Waals surface area contributed by atoms with Gasteiger partial charge in [-0.25, -0.2) is 0 Å². The molecule has 2 N–H and O–H groups in total. The van der Waals surface area contributed by atoms with E-state index in [0.717, 1.165) is 38.2 Å². The number of hydrogen-bond acceptors (Lipinski definition) is 5. The Morgan fingerprint density at radius 2 is 2.42 bits per heavy atom. The molecule has 3 unspecified atom stereocenters. The second-order valence-electron chi connectivity index (χ2n) is 6.05. The van der Waals surface area contributed by atoms with Gasteiger partial charge >= 0.3 is 0 Å². The zero-order chi connectivity index (χ0) is 13.8. The maximum atomic E-state index is 10.7. The minimum absolute atomic E-state index is 0.0457. The highest BCUT2D eigenvalue weighted by Crippen LogP contribution is 2.43. The number of ether oxygens (including phenoxy) is 2. The van der Waals surface area contributed by atoms with Crippen LogP contribution in [0.3, 0.4) is 0 Å². The molecule has 2 heterocycles. The van der Waals surface area contributed by atoms with E-state index in [1.807, 2.05) is 18.7 Å². The summed E-state index contributed by atoms with van der Waals surface area (Å²) in [5, 5.41) is 14.0. The third-order valence-electron chi connectivity index (χ3n) is 4.41. The molecule has 2 saturated heterocycles. The van der Waals surface area contributed by atoms with E-state index in [-0.39, 0.29) is 5.60 Å². The van der Waals surface area contributed by atoms with Gasteiger partial charge in [0, 0.05) is 32.6 Å². The summed E-state index contributed by atoms with van der Waals surface area (Å²) in [7, 11) is 1.69. The Hall–Kier alpha value is 0.190. The molecule has 2 aliphatic heterocycles. The average molecular weight is 289 g/mol. The van der Waals surface area contributed by atoms with Gasteiger partial charge in [-0.2, -0.15) is 11.8 Å². The number of nitrogens with one attached hydrogen (secondary N) is 1. The van der Waals surface area contributed by atoms with Crippen molar-refractivity contribution in [1.82, 2.24) is 5.32 Å². The van der Waals surface area contributed by atoms with E-state index >= 15 is 0 Å². The molecule has 0 aromatic heterocycles. The Morgan fingerprint density at radius 3 is 3.11 bits per heavy atom. The first-order chi connectivity index (χ1) is 9.08. The quantitative estimate of drug-likeness (QED) is 0.721. The van der Waals surface area contributed by atoms with Crippen LogP contribution in [0.15, 0.2) is 0 Å². The SMILES string of the molecule is COCCNCC(C)(O)C1CCOC2(CCSC2)C1. The van der Waals surface area contributed by atoms with Gasteiger partial charge in [0.15, 0.2) is 0 Å². The lowest BCUT2D eigenvalue weighted by Gasteiger charge is -2.43. The smallest absolute Gasteiger partial charge is 0.0784 e. The molecule has 112 valence electrons. The lowest BCUT2D eigenvalue weighted by atomic mass is 9.76. The van der Waals surface area contributed by atoms with Crippen molar-refractivity contribution in [3.05, 3.63) is 0 Å². The molecule has 2 rings (SSSR count). The minimum Gasteiger partial charge on any atom is -0.389 e. The number of aliphatic hydroxyl groups is 1. The summed E-state index contributed by atoms with van der Waals surface area (Å²) in [6.07, 6.45) is 3.10. The van der Waals surface area contributed by atoms with Crippen molar-refractivity contribution in [1.29, 1.82) is 0 Å². The zero-order valence-corrected chi connectivity index (χ0v) is 12.9. The predicted molar refractivity (Wildman–Crippen MR) is 78.7 cm³/mol. The fourth-order valence-electron chi connectivity index (χ4n) is 3.08. The second kappa shape index (κ2) is 6.76. The standard InChI is InChI=1S/C14H27NO3S/c1-13(16,10-15-5-7-17-2)12-3-6-18-14(9-12)4-8-19-11-14/h12,15-16H,3-11H2,1-2H3. The first-order valence-corrected chi connectivity index (χ1v) is 8.37. The summed E-state index contributed by atoms with van der Waals surface area (Å²) in [6, 6.07) is 0. The van der Waals surface area contributed by atoms with Crippen molar-refractivity contribution < 1.29 is 14.6 Å².